The summed E-state index contributed by atoms with van der Waals surface area (Å²) < 4.78 is 0. The summed E-state index contributed by atoms with van der Waals surface area (Å²) >= 11 is 7.33. The average molecular weight is 253 g/mol. The molecule has 2 rings (SSSR count). The van der Waals surface area contributed by atoms with E-state index in [1.807, 2.05) is 0 Å². The minimum absolute atomic E-state index is 0.317. The van der Waals surface area contributed by atoms with Gasteiger partial charge in [0.05, 0.1) is 10.7 Å². The van der Waals surface area contributed by atoms with Crippen LogP contribution >= 0.6 is 23.4 Å². The van der Waals surface area contributed by atoms with E-state index in [2.05, 4.69) is 9.97 Å². The molecule has 6 heteroatoms. The average Bonchev–Trinajstić information content (AvgIpc) is 2.27. The fourth-order valence-corrected chi connectivity index (χ4v) is 2.06. The molecule has 0 aliphatic rings. The first kappa shape index (κ1) is 11.0. The van der Waals surface area contributed by atoms with Crippen LogP contribution in [0.3, 0.4) is 0 Å². The van der Waals surface area contributed by atoms with Crippen molar-refractivity contribution in [3.05, 3.63) is 35.5 Å². The molecule has 2 heterocycles. The van der Waals surface area contributed by atoms with E-state index in [9.17, 15) is 0 Å². The van der Waals surface area contributed by atoms with Crippen molar-refractivity contribution in [2.75, 3.05) is 11.5 Å². The summed E-state index contributed by atoms with van der Waals surface area (Å²) in [6.45, 7) is 0. The molecule has 0 saturated carbocycles. The highest BCUT2D eigenvalue weighted by Crippen LogP contribution is 2.31. The molecule has 0 atom stereocenters. The van der Waals surface area contributed by atoms with Gasteiger partial charge in [-0.25, -0.2) is 9.97 Å². The Kier molecular flexibility index (Phi) is 3.17. The number of halogens is 1. The number of hydrogen-bond donors (Lipinski definition) is 2. The summed E-state index contributed by atoms with van der Waals surface area (Å²) in [5.74, 6) is 0.317. The highest BCUT2D eigenvalue weighted by Gasteiger charge is 2.05. The van der Waals surface area contributed by atoms with Crippen LogP contribution in [-0.2, 0) is 0 Å². The van der Waals surface area contributed by atoms with E-state index < -0.39 is 0 Å². The molecule has 16 heavy (non-hydrogen) atoms. The van der Waals surface area contributed by atoms with Crippen LogP contribution in [-0.4, -0.2) is 9.97 Å². The number of nitrogen functional groups attached to an aromatic ring is 2. The van der Waals surface area contributed by atoms with E-state index in [-0.39, 0.29) is 0 Å². The van der Waals surface area contributed by atoms with Gasteiger partial charge in [-0.2, -0.15) is 0 Å². The second kappa shape index (κ2) is 4.59. The fourth-order valence-electron chi connectivity index (χ4n) is 1.07. The molecule has 0 saturated heterocycles. The van der Waals surface area contributed by atoms with E-state index >= 15 is 0 Å². The van der Waals surface area contributed by atoms with Crippen LogP contribution in [0.25, 0.3) is 0 Å². The highest BCUT2D eigenvalue weighted by molar-refractivity contribution is 7.99. The van der Waals surface area contributed by atoms with E-state index in [0.717, 1.165) is 0 Å². The number of rotatable bonds is 2. The molecule has 0 amide bonds. The number of pyridine rings is 2. The van der Waals surface area contributed by atoms with Gasteiger partial charge >= 0.3 is 0 Å². The molecule has 82 valence electrons. The van der Waals surface area contributed by atoms with E-state index in [1.165, 1.54) is 11.8 Å². The van der Waals surface area contributed by atoms with Gasteiger partial charge in [0.2, 0.25) is 0 Å². The lowest BCUT2D eigenvalue weighted by atomic mass is 10.4. The van der Waals surface area contributed by atoms with Crippen LogP contribution in [0.1, 0.15) is 0 Å². The number of aromatic nitrogens is 2. The van der Waals surface area contributed by atoms with Gasteiger partial charge in [-0.05, 0) is 36.0 Å². The van der Waals surface area contributed by atoms with Gasteiger partial charge < -0.3 is 11.5 Å². The van der Waals surface area contributed by atoms with Crippen molar-refractivity contribution in [3.63, 3.8) is 0 Å². The largest absolute Gasteiger partial charge is 0.396 e. The van der Waals surface area contributed by atoms with Crippen molar-refractivity contribution in [1.82, 2.24) is 9.97 Å². The molecule has 0 fully saturated rings. The molecule has 2 aromatic heterocycles. The number of nitrogens with zero attached hydrogens (tertiary/aromatic N) is 2. The number of anilines is 2. The summed E-state index contributed by atoms with van der Waals surface area (Å²) in [6, 6.07) is 7.04. The molecule has 0 bridgehead atoms. The van der Waals surface area contributed by atoms with Crippen LogP contribution in [0.15, 0.2) is 40.5 Å². The summed E-state index contributed by atoms with van der Waals surface area (Å²) in [6.07, 6.45) is 1.68. The van der Waals surface area contributed by atoms with Crippen LogP contribution < -0.4 is 11.5 Å². The Labute approximate surface area is 102 Å². The van der Waals surface area contributed by atoms with Gasteiger partial charge in [0.15, 0.2) is 0 Å². The van der Waals surface area contributed by atoms with Gasteiger partial charge in [-0.3, -0.25) is 0 Å². The highest BCUT2D eigenvalue weighted by atomic mass is 35.5. The third-order valence-corrected chi connectivity index (χ3v) is 3.23. The predicted octanol–water partition coefficient (Wildman–Crippen LogP) is 2.45. The maximum atomic E-state index is 5.98. The third kappa shape index (κ3) is 2.37. The fraction of sp³-hybridized carbons (Fsp3) is 0. The predicted molar refractivity (Wildman–Crippen MR) is 66.4 cm³/mol. The zero-order valence-corrected chi connectivity index (χ0v) is 9.79. The molecule has 0 spiro atoms. The smallest absolute Gasteiger partial charge is 0.147 e. The Hall–Kier alpha value is -1.46. The lowest BCUT2D eigenvalue weighted by Gasteiger charge is -2.04. The van der Waals surface area contributed by atoms with Crippen molar-refractivity contribution in [2.45, 2.75) is 10.1 Å². The van der Waals surface area contributed by atoms with Crippen LogP contribution in [0.4, 0.5) is 11.5 Å². The Balaban J connectivity index is 2.28. The van der Waals surface area contributed by atoms with Gasteiger partial charge in [0.25, 0.3) is 0 Å². The first-order valence-electron chi connectivity index (χ1n) is 4.47. The molecule has 0 aromatic carbocycles. The minimum atomic E-state index is 0.317. The zero-order chi connectivity index (χ0) is 11.5. The van der Waals surface area contributed by atoms with Crippen LogP contribution in [0, 0.1) is 0 Å². The normalized spacial score (nSPS) is 10.3. The molecular formula is C10H9ClN4S. The Morgan fingerprint density at radius 2 is 2.00 bits per heavy atom. The van der Waals surface area contributed by atoms with E-state index in [1.54, 1.807) is 30.5 Å². The van der Waals surface area contributed by atoms with Crippen LogP contribution in [0.2, 0.25) is 5.02 Å². The maximum absolute atomic E-state index is 5.98. The van der Waals surface area contributed by atoms with E-state index in [0.29, 0.717) is 26.6 Å². The Morgan fingerprint density at radius 1 is 1.19 bits per heavy atom. The summed E-state index contributed by atoms with van der Waals surface area (Å²) in [5.41, 5.74) is 11.7. The summed E-state index contributed by atoms with van der Waals surface area (Å²) in [5, 5.41) is 2.00. The number of nitrogens with two attached hydrogens (primary N) is 2. The Bertz CT molecular complexity index is 518. The topological polar surface area (TPSA) is 77.8 Å². The lowest BCUT2D eigenvalue weighted by Crippen LogP contribution is -1.98. The maximum Gasteiger partial charge on any atom is 0.147 e. The second-order valence-corrected chi connectivity index (χ2v) is 4.43. The van der Waals surface area contributed by atoms with Crippen molar-refractivity contribution in [2.24, 2.45) is 0 Å². The standard InChI is InChI=1S/C10H9ClN4S/c11-6-2-1-5-14-10(6)16-8-4-3-7(12)9(13)15-8/h1-5H,12H2,(H2,13,15). The lowest BCUT2D eigenvalue weighted by molar-refractivity contribution is 1.10. The Morgan fingerprint density at radius 3 is 2.69 bits per heavy atom. The number of hydrogen-bond acceptors (Lipinski definition) is 5. The molecular weight excluding hydrogens is 244 g/mol. The third-order valence-electron chi connectivity index (χ3n) is 1.86. The summed E-state index contributed by atoms with van der Waals surface area (Å²) in [4.78, 5) is 8.27. The quantitative estimate of drug-likeness (QED) is 0.858. The van der Waals surface area contributed by atoms with Gasteiger partial charge in [-0.15, -0.1) is 0 Å². The first-order valence-corrected chi connectivity index (χ1v) is 5.66. The molecule has 0 radical (unpaired) electrons. The SMILES string of the molecule is Nc1ccc(Sc2ncccc2Cl)nc1N. The molecule has 4 N–H and O–H groups in total. The molecule has 4 nitrogen and oxygen atoms in total. The minimum Gasteiger partial charge on any atom is -0.396 e. The molecule has 0 unspecified atom stereocenters. The van der Waals surface area contributed by atoms with Crippen molar-refractivity contribution < 1.29 is 0 Å². The molecule has 0 aliphatic carbocycles. The van der Waals surface area contributed by atoms with Crippen molar-refractivity contribution >= 4 is 34.9 Å². The van der Waals surface area contributed by atoms with Gasteiger partial charge in [0.1, 0.15) is 15.9 Å². The van der Waals surface area contributed by atoms with Gasteiger partial charge in [0, 0.05) is 6.20 Å². The molecule has 2 aromatic rings. The summed E-state index contributed by atoms with van der Waals surface area (Å²) in [7, 11) is 0. The molecule has 0 aliphatic heterocycles. The second-order valence-electron chi connectivity index (χ2n) is 3.02. The van der Waals surface area contributed by atoms with Gasteiger partial charge in [-0.1, -0.05) is 11.6 Å². The van der Waals surface area contributed by atoms with Crippen molar-refractivity contribution in [3.8, 4) is 0 Å². The van der Waals surface area contributed by atoms with Crippen LogP contribution in [0.5, 0.6) is 0 Å². The first-order chi connectivity index (χ1) is 7.66. The van der Waals surface area contributed by atoms with Crippen molar-refractivity contribution in [1.29, 1.82) is 0 Å². The monoisotopic (exact) mass is 252 g/mol. The van der Waals surface area contributed by atoms with E-state index in [4.69, 9.17) is 23.1 Å². The zero-order valence-electron chi connectivity index (χ0n) is 8.22.